The molecule has 21 heavy (non-hydrogen) atoms. The molecular formula is C15H20N2O4. The predicted octanol–water partition coefficient (Wildman–Crippen LogP) is 2.61. The van der Waals surface area contributed by atoms with E-state index in [-0.39, 0.29) is 18.4 Å². The Balaban J connectivity index is 2.80. The number of carboxylic acids is 1. The zero-order valence-electron chi connectivity index (χ0n) is 12.4. The van der Waals surface area contributed by atoms with E-state index in [2.05, 4.69) is 5.32 Å². The lowest BCUT2D eigenvalue weighted by atomic mass is 10.1. The molecule has 0 bridgehead atoms. The van der Waals surface area contributed by atoms with Crippen LogP contribution >= 0.6 is 0 Å². The summed E-state index contributed by atoms with van der Waals surface area (Å²) in [6, 6.07) is 5.81. The Morgan fingerprint density at radius 2 is 1.81 bits per heavy atom. The second-order valence-corrected chi connectivity index (χ2v) is 4.84. The molecule has 0 spiro atoms. The van der Waals surface area contributed by atoms with Crippen molar-refractivity contribution >= 4 is 23.5 Å². The highest BCUT2D eigenvalue weighted by Crippen LogP contribution is 2.12. The molecule has 1 rings (SSSR count). The van der Waals surface area contributed by atoms with Gasteiger partial charge in [0, 0.05) is 17.3 Å². The highest BCUT2D eigenvalue weighted by atomic mass is 16.4. The van der Waals surface area contributed by atoms with E-state index in [9.17, 15) is 14.4 Å². The largest absolute Gasteiger partial charge is 0.480 e. The van der Waals surface area contributed by atoms with Crippen molar-refractivity contribution < 1.29 is 19.5 Å². The second kappa shape index (κ2) is 7.42. The van der Waals surface area contributed by atoms with E-state index >= 15 is 0 Å². The number of carbonyl (C=O) groups is 3. The fraction of sp³-hybridized carbons (Fsp3) is 0.400. The van der Waals surface area contributed by atoms with Crippen molar-refractivity contribution in [2.75, 3.05) is 11.9 Å². The minimum absolute atomic E-state index is 0.0556. The number of amides is 2. The summed E-state index contributed by atoms with van der Waals surface area (Å²) in [6.07, 6.45) is 0.657. The average molecular weight is 292 g/mol. The van der Waals surface area contributed by atoms with Crippen LogP contribution in [0.4, 0.5) is 10.5 Å². The number of ketones is 1. The molecule has 0 aliphatic carbocycles. The Morgan fingerprint density at radius 1 is 1.24 bits per heavy atom. The SMILES string of the molecule is CCC(C)N(CC(=O)O)C(=O)Nc1ccc(C(C)=O)cc1. The highest BCUT2D eigenvalue weighted by Gasteiger charge is 2.21. The lowest BCUT2D eigenvalue weighted by molar-refractivity contribution is -0.138. The summed E-state index contributed by atoms with van der Waals surface area (Å²) in [4.78, 5) is 35.4. The Morgan fingerprint density at radius 3 is 2.24 bits per heavy atom. The quantitative estimate of drug-likeness (QED) is 0.789. The van der Waals surface area contributed by atoms with E-state index in [0.717, 1.165) is 0 Å². The van der Waals surface area contributed by atoms with Gasteiger partial charge in [-0.1, -0.05) is 6.92 Å². The van der Waals surface area contributed by atoms with Crippen LogP contribution in [0.1, 0.15) is 37.6 Å². The maximum absolute atomic E-state index is 12.2. The molecule has 0 saturated carbocycles. The molecule has 0 aliphatic rings. The van der Waals surface area contributed by atoms with Crippen molar-refractivity contribution in [3.05, 3.63) is 29.8 Å². The normalized spacial score (nSPS) is 11.6. The van der Waals surface area contributed by atoms with Gasteiger partial charge in [-0.05, 0) is 44.5 Å². The summed E-state index contributed by atoms with van der Waals surface area (Å²) >= 11 is 0. The number of carbonyl (C=O) groups excluding carboxylic acids is 2. The Hall–Kier alpha value is -2.37. The van der Waals surface area contributed by atoms with Gasteiger partial charge in [-0.15, -0.1) is 0 Å². The van der Waals surface area contributed by atoms with Gasteiger partial charge in [-0.2, -0.15) is 0 Å². The lowest BCUT2D eigenvalue weighted by Gasteiger charge is -2.27. The third-order valence-corrected chi connectivity index (χ3v) is 3.23. The van der Waals surface area contributed by atoms with Gasteiger partial charge in [0.15, 0.2) is 5.78 Å². The van der Waals surface area contributed by atoms with Gasteiger partial charge in [0.2, 0.25) is 0 Å². The topological polar surface area (TPSA) is 86.7 Å². The van der Waals surface area contributed by atoms with Gasteiger partial charge in [-0.3, -0.25) is 9.59 Å². The van der Waals surface area contributed by atoms with E-state index in [1.807, 2.05) is 6.92 Å². The summed E-state index contributed by atoms with van der Waals surface area (Å²) in [5, 5.41) is 11.5. The molecule has 0 radical (unpaired) electrons. The minimum Gasteiger partial charge on any atom is -0.480 e. The van der Waals surface area contributed by atoms with Crippen LogP contribution in [0.2, 0.25) is 0 Å². The summed E-state index contributed by atoms with van der Waals surface area (Å²) < 4.78 is 0. The fourth-order valence-corrected chi connectivity index (χ4v) is 1.78. The highest BCUT2D eigenvalue weighted by molar-refractivity contribution is 5.95. The standard InChI is InChI=1S/C15H20N2O4/c1-4-10(2)17(9-14(19)20)15(21)16-13-7-5-12(6-8-13)11(3)18/h5-8,10H,4,9H2,1-3H3,(H,16,21)(H,19,20). The number of urea groups is 1. The summed E-state index contributed by atoms with van der Waals surface area (Å²) in [5.41, 5.74) is 1.07. The first-order chi connectivity index (χ1) is 9.85. The van der Waals surface area contributed by atoms with Gasteiger partial charge in [0.1, 0.15) is 6.54 Å². The molecule has 0 aliphatic heterocycles. The van der Waals surface area contributed by atoms with E-state index < -0.39 is 12.0 Å². The third-order valence-electron chi connectivity index (χ3n) is 3.23. The minimum atomic E-state index is -1.06. The smallest absolute Gasteiger partial charge is 0.323 e. The van der Waals surface area contributed by atoms with Crippen molar-refractivity contribution in [2.24, 2.45) is 0 Å². The van der Waals surface area contributed by atoms with E-state index in [0.29, 0.717) is 17.7 Å². The van der Waals surface area contributed by atoms with Crippen molar-refractivity contribution in [2.45, 2.75) is 33.2 Å². The van der Waals surface area contributed by atoms with E-state index in [1.165, 1.54) is 11.8 Å². The van der Waals surface area contributed by atoms with Crippen LogP contribution in [0.3, 0.4) is 0 Å². The van der Waals surface area contributed by atoms with Crippen LogP contribution in [-0.4, -0.2) is 40.4 Å². The molecule has 0 aromatic heterocycles. The molecule has 2 amide bonds. The summed E-state index contributed by atoms with van der Waals surface area (Å²) in [5.74, 6) is -1.11. The van der Waals surface area contributed by atoms with E-state index in [4.69, 9.17) is 5.11 Å². The molecule has 0 saturated heterocycles. The van der Waals surface area contributed by atoms with Crippen molar-refractivity contribution in [3.8, 4) is 0 Å². The third kappa shape index (κ3) is 4.91. The molecule has 6 heteroatoms. The second-order valence-electron chi connectivity index (χ2n) is 4.84. The molecule has 1 atom stereocenters. The van der Waals surface area contributed by atoms with Crippen LogP contribution < -0.4 is 5.32 Å². The molecule has 0 fully saturated rings. The number of nitrogens with zero attached hydrogens (tertiary/aromatic N) is 1. The number of hydrogen-bond acceptors (Lipinski definition) is 3. The number of rotatable bonds is 6. The maximum atomic E-state index is 12.2. The average Bonchev–Trinajstić information content (AvgIpc) is 2.44. The zero-order valence-corrected chi connectivity index (χ0v) is 12.4. The van der Waals surface area contributed by atoms with Gasteiger partial charge in [0.25, 0.3) is 0 Å². The predicted molar refractivity (Wildman–Crippen MR) is 79.6 cm³/mol. The maximum Gasteiger partial charge on any atom is 0.323 e. The summed E-state index contributed by atoms with van der Waals surface area (Å²) in [6.45, 7) is 4.79. The number of carboxylic acid groups (broad SMARTS) is 1. The van der Waals surface area contributed by atoms with Gasteiger partial charge < -0.3 is 15.3 Å². The molecule has 6 nitrogen and oxygen atoms in total. The summed E-state index contributed by atoms with van der Waals surface area (Å²) in [7, 11) is 0. The number of benzene rings is 1. The number of anilines is 1. The molecule has 114 valence electrons. The molecule has 1 aromatic carbocycles. The zero-order chi connectivity index (χ0) is 16.0. The Bertz CT molecular complexity index is 525. The molecule has 0 heterocycles. The van der Waals surface area contributed by atoms with Gasteiger partial charge >= 0.3 is 12.0 Å². The van der Waals surface area contributed by atoms with Gasteiger partial charge in [0.05, 0.1) is 0 Å². The fourth-order valence-electron chi connectivity index (χ4n) is 1.78. The van der Waals surface area contributed by atoms with Crippen LogP contribution in [0.5, 0.6) is 0 Å². The number of aliphatic carboxylic acids is 1. The van der Waals surface area contributed by atoms with Crippen molar-refractivity contribution in [1.29, 1.82) is 0 Å². The molecule has 2 N–H and O–H groups in total. The molecule has 1 aromatic rings. The number of nitrogens with one attached hydrogen (secondary N) is 1. The lowest BCUT2D eigenvalue weighted by Crippen LogP contribution is -2.44. The first-order valence-electron chi connectivity index (χ1n) is 6.75. The monoisotopic (exact) mass is 292 g/mol. The Labute approximate surface area is 123 Å². The number of hydrogen-bond donors (Lipinski definition) is 2. The van der Waals surface area contributed by atoms with Gasteiger partial charge in [-0.25, -0.2) is 4.79 Å². The van der Waals surface area contributed by atoms with Crippen molar-refractivity contribution in [3.63, 3.8) is 0 Å². The van der Waals surface area contributed by atoms with Crippen LogP contribution in [-0.2, 0) is 4.79 Å². The van der Waals surface area contributed by atoms with Crippen LogP contribution in [0, 0.1) is 0 Å². The molecule has 1 unspecified atom stereocenters. The van der Waals surface area contributed by atoms with Crippen molar-refractivity contribution in [1.82, 2.24) is 4.90 Å². The first kappa shape index (κ1) is 16.7. The number of Topliss-reactive ketones (excluding diaryl/α,β-unsaturated/α-hetero) is 1. The Kier molecular flexibility index (Phi) is 5.90. The first-order valence-corrected chi connectivity index (χ1v) is 6.75. The molecular weight excluding hydrogens is 272 g/mol. The van der Waals surface area contributed by atoms with E-state index in [1.54, 1.807) is 31.2 Å². The van der Waals surface area contributed by atoms with Crippen LogP contribution in [0.25, 0.3) is 0 Å². The van der Waals surface area contributed by atoms with Crippen LogP contribution in [0.15, 0.2) is 24.3 Å².